The SMILES string of the molecule is COc1cccc2c(Cl)cc(C(F)F)nc12. The number of hydrogen-bond acceptors (Lipinski definition) is 2. The van der Waals surface area contributed by atoms with Crippen LogP contribution in [0.25, 0.3) is 10.9 Å². The van der Waals surface area contributed by atoms with E-state index >= 15 is 0 Å². The van der Waals surface area contributed by atoms with Crippen LogP contribution in [-0.4, -0.2) is 12.1 Å². The molecule has 0 atom stereocenters. The molecule has 0 aliphatic rings. The quantitative estimate of drug-likeness (QED) is 0.800. The summed E-state index contributed by atoms with van der Waals surface area (Å²) < 4.78 is 30.1. The summed E-state index contributed by atoms with van der Waals surface area (Å²) in [6.45, 7) is 0. The first-order valence-electron chi connectivity index (χ1n) is 4.55. The number of halogens is 3. The summed E-state index contributed by atoms with van der Waals surface area (Å²) in [5.74, 6) is 0.432. The van der Waals surface area contributed by atoms with Crippen LogP contribution in [0.5, 0.6) is 5.75 Å². The lowest BCUT2D eigenvalue weighted by Gasteiger charge is -2.08. The lowest BCUT2D eigenvalue weighted by Crippen LogP contribution is -1.94. The molecule has 1 aromatic heterocycles. The monoisotopic (exact) mass is 243 g/mol. The summed E-state index contributed by atoms with van der Waals surface area (Å²) in [7, 11) is 1.46. The molecule has 0 aliphatic heterocycles. The van der Waals surface area contributed by atoms with E-state index in [2.05, 4.69) is 4.98 Å². The molecule has 0 saturated heterocycles. The van der Waals surface area contributed by atoms with E-state index < -0.39 is 6.43 Å². The molecule has 16 heavy (non-hydrogen) atoms. The molecule has 0 radical (unpaired) electrons. The zero-order chi connectivity index (χ0) is 11.7. The van der Waals surface area contributed by atoms with Gasteiger partial charge in [-0.25, -0.2) is 13.8 Å². The Balaban J connectivity index is 2.77. The maximum Gasteiger partial charge on any atom is 0.280 e. The van der Waals surface area contributed by atoms with Crippen molar-refractivity contribution in [3.8, 4) is 5.75 Å². The molecular formula is C11H8ClF2NO. The highest BCUT2D eigenvalue weighted by atomic mass is 35.5. The number of benzene rings is 1. The fourth-order valence-electron chi connectivity index (χ4n) is 1.48. The molecule has 0 unspecified atom stereocenters. The van der Waals surface area contributed by atoms with Crippen molar-refractivity contribution < 1.29 is 13.5 Å². The van der Waals surface area contributed by atoms with Gasteiger partial charge in [0.15, 0.2) is 0 Å². The number of ether oxygens (including phenoxy) is 1. The van der Waals surface area contributed by atoms with Crippen LogP contribution in [0.1, 0.15) is 12.1 Å². The van der Waals surface area contributed by atoms with Gasteiger partial charge in [0.25, 0.3) is 6.43 Å². The number of nitrogens with zero attached hydrogens (tertiary/aromatic N) is 1. The topological polar surface area (TPSA) is 22.1 Å². The maximum absolute atomic E-state index is 12.5. The van der Waals surface area contributed by atoms with Gasteiger partial charge in [0.1, 0.15) is 17.0 Å². The number of rotatable bonds is 2. The molecule has 1 aromatic carbocycles. The molecule has 0 saturated carbocycles. The summed E-state index contributed by atoms with van der Waals surface area (Å²) in [6.07, 6.45) is -2.65. The Morgan fingerprint density at radius 2 is 2.12 bits per heavy atom. The van der Waals surface area contributed by atoms with Gasteiger partial charge in [-0.15, -0.1) is 0 Å². The zero-order valence-electron chi connectivity index (χ0n) is 8.38. The van der Waals surface area contributed by atoms with E-state index in [1.54, 1.807) is 18.2 Å². The van der Waals surface area contributed by atoms with E-state index in [1.165, 1.54) is 13.2 Å². The third-order valence-electron chi connectivity index (χ3n) is 2.22. The molecular weight excluding hydrogens is 236 g/mol. The van der Waals surface area contributed by atoms with Crippen LogP contribution in [0, 0.1) is 0 Å². The third kappa shape index (κ3) is 1.80. The van der Waals surface area contributed by atoms with Crippen LogP contribution in [0.2, 0.25) is 5.02 Å². The first-order chi connectivity index (χ1) is 7.63. The number of methoxy groups -OCH3 is 1. The molecule has 0 spiro atoms. The van der Waals surface area contributed by atoms with Gasteiger partial charge in [-0.1, -0.05) is 23.7 Å². The van der Waals surface area contributed by atoms with Crippen LogP contribution in [0.4, 0.5) is 8.78 Å². The number of alkyl halides is 2. The summed E-state index contributed by atoms with van der Waals surface area (Å²) >= 11 is 5.91. The van der Waals surface area contributed by atoms with Crippen LogP contribution in [0.15, 0.2) is 24.3 Å². The van der Waals surface area contributed by atoms with Crippen molar-refractivity contribution >= 4 is 22.5 Å². The second kappa shape index (κ2) is 4.22. The predicted octanol–water partition coefficient (Wildman–Crippen LogP) is 3.83. The molecule has 84 valence electrons. The lowest BCUT2D eigenvalue weighted by atomic mass is 10.2. The normalized spacial score (nSPS) is 11.1. The average molecular weight is 244 g/mol. The number of pyridine rings is 1. The van der Waals surface area contributed by atoms with E-state index in [4.69, 9.17) is 16.3 Å². The Labute approximate surface area is 95.8 Å². The van der Waals surface area contributed by atoms with Gasteiger partial charge in [-0.3, -0.25) is 0 Å². The van der Waals surface area contributed by atoms with E-state index in [0.29, 0.717) is 16.7 Å². The number of hydrogen-bond donors (Lipinski definition) is 0. The highest BCUT2D eigenvalue weighted by Gasteiger charge is 2.14. The van der Waals surface area contributed by atoms with Crippen molar-refractivity contribution in [2.24, 2.45) is 0 Å². The minimum atomic E-state index is -2.65. The van der Waals surface area contributed by atoms with Crippen LogP contribution < -0.4 is 4.74 Å². The predicted molar refractivity (Wildman–Crippen MR) is 58.3 cm³/mol. The summed E-state index contributed by atoms with van der Waals surface area (Å²) in [6, 6.07) is 6.27. The highest BCUT2D eigenvalue weighted by molar-refractivity contribution is 6.35. The third-order valence-corrected chi connectivity index (χ3v) is 2.53. The molecule has 2 rings (SSSR count). The highest BCUT2D eigenvalue weighted by Crippen LogP contribution is 2.32. The summed E-state index contributed by atoms with van der Waals surface area (Å²) in [4.78, 5) is 3.85. The lowest BCUT2D eigenvalue weighted by molar-refractivity contribution is 0.146. The van der Waals surface area contributed by atoms with Crippen molar-refractivity contribution in [2.45, 2.75) is 6.43 Å². The second-order valence-corrected chi connectivity index (χ2v) is 3.59. The zero-order valence-corrected chi connectivity index (χ0v) is 9.13. The average Bonchev–Trinajstić information content (AvgIpc) is 2.28. The Hall–Kier alpha value is -1.42. The minimum absolute atomic E-state index is 0.249. The number of para-hydroxylation sites is 1. The number of aromatic nitrogens is 1. The smallest absolute Gasteiger partial charge is 0.280 e. The standard InChI is InChI=1S/C11H8ClF2NO/c1-16-9-4-2-3-6-7(12)5-8(11(13)14)15-10(6)9/h2-5,11H,1H3. The summed E-state index contributed by atoms with van der Waals surface area (Å²) in [5.41, 5.74) is 0.00907. The van der Waals surface area contributed by atoms with Crippen molar-refractivity contribution in [3.63, 3.8) is 0 Å². The van der Waals surface area contributed by atoms with E-state index in [1.807, 2.05) is 0 Å². The van der Waals surface area contributed by atoms with Crippen molar-refractivity contribution in [2.75, 3.05) is 7.11 Å². The van der Waals surface area contributed by atoms with Gasteiger partial charge in [-0.2, -0.15) is 0 Å². The largest absolute Gasteiger partial charge is 0.494 e. The van der Waals surface area contributed by atoms with E-state index in [9.17, 15) is 8.78 Å². The first-order valence-corrected chi connectivity index (χ1v) is 4.92. The van der Waals surface area contributed by atoms with Gasteiger partial charge < -0.3 is 4.74 Å². The fraction of sp³-hybridized carbons (Fsp3) is 0.182. The molecule has 0 bridgehead atoms. The Morgan fingerprint density at radius 3 is 2.75 bits per heavy atom. The molecule has 5 heteroatoms. The second-order valence-electron chi connectivity index (χ2n) is 3.19. The molecule has 2 aromatic rings. The fourth-order valence-corrected chi connectivity index (χ4v) is 1.74. The van der Waals surface area contributed by atoms with Crippen LogP contribution in [-0.2, 0) is 0 Å². The van der Waals surface area contributed by atoms with Crippen LogP contribution in [0.3, 0.4) is 0 Å². The minimum Gasteiger partial charge on any atom is -0.494 e. The van der Waals surface area contributed by atoms with Gasteiger partial charge >= 0.3 is 0 Å². The van der Waals surface area contributed by atoms with Crippen molar-refractivity contribution in [1.82, 2.24) is 4.98 Å². The Morgan fingerprint density at radius 1 is 1.38 bits per heavy atom. The van der Waals surface area contributed by atoms with E-state index in [-0.39, 0.29) is 10.7 Å². The first kappa shape index (κ1) is 11.1. The molecule has 0 aliphatic carbocycles. The molecule has 1 heterocycles. The van der Waals surface area contributed by atoms with E-state index in [0.717, 1.165) is 0 Å². The Kier molecular flexibility index (Phi) is 2.92. The van der Waals surface area contributed by atoms with Gasteiger partial charge in [0.2, 0.25) is 0 Å². The molecule has 0 amide bonds. The van der Waals surface area contributed by atoms with Crippen molar-refractivity contribution in [1.29, 1.82) is 0 Å². The molecule has 0 fully saturated rings. The van der Waals surface area contributed by atoms with Crippen LogP contribution >= 0.6 is 11.6 Å². The van der Waals surface area contributed by atoms with Gasteiger partial charge in [0, 0.05) is 5.39 Å². The summed E-state index contributed by atoms with van der Waals surface area (Å²) in [5, 5.41) is 0.851. The molecule has 2 nitrogen and oxygen atoms in total. The molecule has 0 N–H and O–H groups in total. The van der Waals surface area contributed by atoms with Gasteiger partial charge in [-0.05, 0) is 12.1 Å². The Bertz CT molecular complexity index is 531. The maximum atomic E-state index is 12.5. The number of fused-ring (bicyclic) bond motifs is 1. The van der Waals surface area contributed by atoms with Gasteiger partial charge in [0.05, 0.1) is 12.1 Å². The van der Waals surface area contributed by atoms with Crippen molar-refractivity contribution in [3.05, 3.63) is 35.0 Å².